The van der Waals surface area contributed by atoms with Crippen molar-refractivity contribution in [3.8, 4) is 22.6 Å². The summed E-state index contributed by atoms with van der Waals surface area (Å²) in [4.78, 5) is 26.6. The van der Waals surface area contributed by atoms with Crippen LogP contribution >= 0.6 is 0 Å². The van der Waals surface area contributed by atoms with E-state index in [1.54, 1.807) is 19.2 Å². The van der Waals surface area contributed by atoms with Crippen LogP contribution in [0.2, 0.25) is 0 Å². The Labute approximate surface area is 185 Å². The Bertz CT molecular complexity index is 1170. The van der Waals surface area contributed by atoms with Gasteiger partial charge < -0.3 is 9.64 Å². The van der Waals surface area contributed by atoms with Crippen molar-refractivity contribution in [2.24, 2.45) is 11.8 Å². The van der Waals surface area contributed by atoms with E-state index < -0.39 is 11.5 Å². The Kier molecular flexibility index (Phi) is 6.12. The molecule has 2 heterocycles. The van der Waals surface area contributed by atoms with Gasteiger partial charge in [0.1, 0.15) is 17.4 Å². The molecule has 0 radical (unpaired) electrons. The average molecular weight is 439 g/mol. The van der Waals surface area contributed by atoms with E-state index in [1.807, 2.05) is 43.0 Å². The zero-order valence-electron chi connectivity index (χ0n) is 18.5. The molecule has 1 fully saturated rings. The third kappa shape index (κ3) is 4.30. The van der Waals surface area contributed by atoms with E-state index in [0.29, 0.717) is 30.9 Å². The number of likely N-dealkylation sites (tertiary alicyclic amines) is 1. The molecule has 168 valence electrons. The number of nitrogens with one attached hydrogen (secondary N) is 1. The molecule has 1 saturated heterocycles. The van der Waals surface area contributed by atoms with Crippen LogP contribution in [0.15, 0.2) is 47.3 Å². The summed E-state index contributed by atoms with van der Waals surface area (Å²) >= 11 is 0. The molecule has 3 aromatic rings. The number of benzene rings is 2. The number of halogens is 1. The first-order valence-electron chi connectivity index (χ1n) is 10.8. The van der Waals surface area contributed by atoms with Crippen LogP contribution in [0.1, 0.15) is 26.1 Å². The number of ether oxygens (including phenoxy) is 1. The van der Waals surface area contributed by atoms with Crippen molar-refractivity contribution < 1.29 is 13.9 Å². The first-order chi connectivity index (χ1) is 15.4. The first kappa shape index (κ1) is 21.8. The zero-order chi connectivity index (χ0) is 22.8. The van der Waals surface area contributed by atoms with Crippen LogP contribution in [0.5, 0.6) is 5.75 Å². The summed E-state index contributed by atoms with van der Waals surface area (Å²) in [5.41, 5.74) is 1.22. The highest BCUT2D eigenvalue weighted by Gasteiger charge is 2.29. The first-order valence-corrected chi connectivity index (χ1v) is 10.8. The van der Waals surface area contributed by atoms with Gasteiger partial charge in [0.25, 0.3) is 0 Å². The molecule has 0 saturated carbocycles. The molecule has 1 unspecified atom stereocenters. The van der Waals surface area contributed by atoms with Gasteiger partial charge in [0.2, 0.25) is 5.91 Å². The molecular weight excluding hydrogens is 411 g/mol. The van der Waals surface area contributed by atoms with Gasteiger partial charge in [-0.3, -0.25) is 4.79 Å². The second-order valence-corrected chi connectivity index (χ2v) is 8.47. The number of carbonyl (C=O) groups is 1. The number of hydrogen-bond donors (Lipinski definition) is 1. The number of carbonyl (C=O) groups excluding carboxylic acids is 1. The van der Waals surface area contributed by atoms with Gasteiger partial charge in [-0.05, 0) is 47.7 Å². The minimum Gasteiger partial charge on any atom is -0.497 e. The summed E-state index contributed by atoms with van der Waals surface area (Å²) in [6.07, 6.45) is 1.32. The SMILES string of the molecule is COc1ccc(-c2ccc(-n3c(CC4CCN(C(=O)C(C)C)C4)n[nH]c3=O)c(F)c2)cc1. The minimum absolute atomic E-state index is 0.0457. The molecule has 4 rings (SSSR count). The van der Waals surface area contributed by atoms with Crippen LogP contribution in [0.3, 0.4) is 0 Å². The number of aromatic nitrogens is 3. The molecule has 1 N–H and O–H groups in total. The van der Waals surface area contributed by atoms with Crippen molar-refractivity contribution in [3.63, 3.8) is 0 Å². The van der Waals surface area contributed by atoms with Gasteiger partial charge >= 0.3 is 5.69 Å². The molecule has 0 bridgehead atoms. The highest BCUT2D eigenvalue weighted by Crippen LogP contribution is 2.27. The highest BCUT2D eigenvalue weighted by atomic mass is 19.1. The molecule has 1 aliphatic rings. The second-order valence-electron chi connectivity index (χ2n) is 8.47. The fourth-order valence-corrected chi connectivity index (χ4v) is 4.19. The predicted octanol–water partition coefficient (Wildman–Crippen LogP) is 3.42. The van der Waals surface area contributed by atoms with E-state index in [0.717, 1.165) is 17.7 Å². The predicted molar refractivity (Wildman–Crippen MR) is 119 cm³/mol. The number of nitrogens with zero attached hydrogens (tertiary/aromatic N) is 3. The van der Waals surface area contributed by atoms with E-state index >= 15 is 4.39 Å². The molecule has 32 heavy (non-hydrogen) atoms. The van der Waals surface area contributed by atoms with Crippen molar-refractivity contribution >= 4 is 5.91 Å². The van der Waals surface area contributed by atoms with Crippen LogP contribution in [0.4, 0.5) is 4.39 Å². The normalized spacial score (nSPS) is 16.0. The fraction of sp³-hybridized carbons (Fsp3) is 0.375. The third-order valence-electron chi connectivity index (χ3n) is 5.92. The number of hydrogen-bond acceptors (Lipinski definition) is 4. The standard InChI is InChI=1S/C24H27FN4O3/c1-15(2)23(30)28-11-10-16(14-28)12-22-26-27-24(31)29(22)21-9-6-18(13-20(21)25)17-4-7-19(32-3)8-5-17/h4-9,13,15-16H,10-12,14H2,1-3H3,(H,27,31). The largest absolute Gasteiger partial charge is 0.497 e. The van der Waals surface area contributed by atoms with E-state index in [4.69, 9.17) is 4.74 Å². The Hall–Kier alpha value is -3.42. The summed E-state index contributed by atoms with van der Waals surface area (Å²) in [5, 5.41) is 6.59. The number of rotatable bonds is 6. The molecule has 0 spiro atoms. The quantitative estimate of drug-likeness (QED) is 0.640. The van der Waals surface area contributed by atoms with Gasteiger partial charge in [-0.25, -0.2) is 18.9 Å². The van der Waals surface area contributed by atoms with Gasteiger partial charge in [0.15, 0.2) is 0 Å². The van der Waals surface area contributed by atoms with E-state index in [9.17, 15) is 9.59 Å². The maximum absolute atomic E-state index is 15.1. The van der Waals surface area contributed by atoms with Gasteiger partial charge in [0.05, 0.1) is 12.8 Å². The molecule has 0 aliphatic carbocycles. The molecule has 1 amide bonds. The lowest BCUT2D eigenvalue weighted by Gasteiger charge is -2.18. The van der Waals surface area contributed by atoms with Crippen molar-refractivity contribution in [1.82, 2.24) is 19.7 Å². The molecule has 1 aromatic heterocycles. The Morgan fingerprint density at radius 3 is 2.59 bits per heavy atom. The van der Waals surface area contributed by atoms with E-state index in [2.05, 4.69) is 10.2 Å². The van der Waals surface area contributed by atoms with E-state index in [1.165, 1.54) is 10.6 Å². The summed E-state index contributed by atoms with van der Waals surface area (Å²) in [6, 6.07) is 12.1. The Morgan fingerprint density at radius 2 is 1.94 bits per heavy atom. The number of amides is 1. The Morgan fingerprint density at radius 1 is 1.22 bits per heavy atom. The van der Waals surface area contributed by atoms with Crippen molar-refractivity contribution in [2.45, 2.75) is 26.7 Å². The highest BCUT2D eigenvalue weighted by molar-refractivity contribution is 5.78. The number of aromatic amines is 1. The summed E-state index contributed by atoms with van der Waals surface area (Å²) < 4.78 is 21.6. The monoisotopic (exact) mass is 438 g/mol. The van der Waals surface area contributed by atoms with Crippen molar-refractivity contribution in [2.75, 3.05) is 20.2 Å². The number of methoxy groups -OCH3 is 1. The van der Waals surface area contributed by atoms with Gasteiger partial charge in [-0.1, -0.05) is 32.0 Å². The lowest BCUT2D eigenvalue weighted by molar-refractivity contribution is -0.133. The summed E-state index contributed by atoms with van der Waals surface area (Å²) in [5.74, 6) is 0.943. The van der Waals surface area contributed by atoms with E-state index in [-0.39, 0.29) is 23.4 Å². The minimum atomic E-state index is -0.508. The molecule has 1 atom stereocenters. The lowest BCUT2D eigenvalue weighted by Crippen LogP contribution is -2.32. The lowest BCUT2D eigenvalue weighted by atomic mass is 10.0. The van der Waals surface area contributed by atoms with Crippen LogP contribution in [-0.4, -0.2) is 45.8 Å². The van der Waals surface area contributed by atoms with Crippen molar-refractivity contribution in [1.29, 1.82) is 0 Å². The summed E-state index contributed by atoms with van der Waals surface area (Å²) in [6.45, 7) is 5.09. The fourth-order valence-electron chi connectivity index (χ4n) is 4.19. The Balaban J connectivity index is 1.56. The van der Waals surface area contributed by atoms with Gasteiger partial charge in [0, 0.05) is 25.4 Å². The van der Waals surface area contributed by atoms with Gasteiger partial charge in [-0.2, -0.15) is 5.10 Å². The molecule has 1 aliphatic heterocycles. The summed E-state index contributed by atoms with van der Waals surface area (Å²) in [7, 11) is 1.59. The maximum atomic E-state index is 15.1. The van der Waals surface area contributed by atoms with Crippen LogP contribution in [-0.2, 0) is 11.2 Å². The van der Waals surface area contributed by atoms with Crippen LogP contribution in [0.25, 0.3) is 16.8 Å². The van der Waals surface area contributed by atoms with Crippen molar-refractivity contribution in [3.05, 3.63) is 64.6 Å². The smallest absolute Gasteiger partial charge is 0.348 e. The second kappa shape index (κ2) is 8.98. The molecular formula is C24H27FN4O3. The third-order valence-corrected chi connectivity index (χ3v) is 5.92. The molecule has 2 aromatic carbocycles. The molecule has 8 heteroatoms. The zero-order valence-corrected chi connectivity index (χ0v) is 18.5. The van der Waals surface area contributed by atoms with Crippen LogP contribution in [0, 0.1) is 17.7 Å². The maximum Gasteiger partial charge on any atom is 0.348 e. The topological polar surface area (TPSA) is 80.2 Å². The average Bonchev–Trinajstić information content (AvgIpc) is 3.40. The van der Waals surface area contributed by atoms with Gasteiger partial charge in [-0.15, -0.1) is 0 Å². The van der Waals surface area contributed by atoms with Crippen LogP contribution < -0.4 is 10.4 Å². The molecule has 7 nitrogen and oxygen atoms in total. The number of H-pyrrole nitrogens is 1.